The molecule has 1 unspecified atom stereocenters. The molecule has 0 aliphatic heterocycles. The quantitative estimate of drug-likeness (QED) is 0.550. The standard InChI is InChI=1S/C10H24N2O3S/c1-4-5-7-15-8-6-12-16(13,14)10(2)9-11-3/h10-12H,4-9H2,1-3H3. The zero-order valence-electron chi connectivity index (χ0n) is 10.5. The molecule has 0 rings (SSSR count). The number of hydrogen-bond acceptors (Lipinski definition) is 4. The predicted octanol–water partition coefficient (Wildman–Crippen LogP) is 0.330. The van der Waals surface area contributed by atoms with Crippen LogP contribution in [0.1, 0.15) is 26.7 Å². The van der Waals surface area contributed by atoms with Crippen molar-refractivity contribution in [3.63, 3.8) is 0 Å². The molecule has 0 saturated carbocycles. The summed E-state index contributed by atoms with van der Waals surface area (Å²) in [4.78, 5) is 0. The van der Waals surface area contributed by atoms with E-state index in [-0.39, 0.29) is 0 Å². The molecule has 6 heteroatoms. The maximum Gasteiger partial charge on any atom is 0.215 e. The lowest BCUT2D eigenvalue weighted by Crippen LogP contribution is -2.39. The van der Waals surface area contributed by atoms with Gasteiger partial charge in [0, 0.05) is 19.7 Å². The molecule has 0 bridgehead atoms. The highest BCUT2D eigenvalue weighted by atomic mass is 32.2. The first-order valence-electron chi connectivity index (χ1n) is 5.75. The van der Waals surface area contributed by atoms with Crippen molar-refractivity contribution in [3.8, 4) is 0 Å². The van der Waals surface area contributed by atoms with Crippen molar-refractivity contribution in [3.05, 3.63) is 0 Å². The Balaban J connectivity index is 3.66. The molecule has 0 radical (unpaired) electrons. The number of rotatable bonds is 10. The Morgan fingerprint density at radius 1 is 1.31 bits per heavy atom. The van der Waals surface area contributed by atoms with Crippen molar-refractivity contribution < 1.29 is 13.2 Å². The third-order valence-corrected chi connectivity index (χ3v) is 4.05. The second kappa shape index (κ2) is 8.92. The minimum Gasteiger partial charge on any atom is -0.380 e. The van der Waals surface area contributed by atoms with Crippen LogP contribution in [0.15, 0.2) is 0 Å². The zero-order valence-corrected chi connectivity index (χ0v) is 11.3. The molecule has 98 valence electrons. The molecule has 0 heterocycles. The Morgan fingerprint density at radius 3 is 2.56 bits per heavy atom. The topological polar surface area (TPSA) is 67.4 Å². The van der Waals surface area contributed by atoms with Crippen LogP contribution in [0.4, 0.5) is 0 Å². The number of sulfonamides is 1. The van der Waals surface area contributed by atoms with Crippen LogP contribution in [-0.2, 0) is 14.8 Å². The monoisotopic (exact) mass is 252 g/mol. The minimum atomic E-state index is -3.21. The summed E-state index contributed by atoms with van der Waals surface area (Å²) >= 11 is 0. The summed E-state index contributed by atoms with van der Waals surface area (Å²) in [5.41, 5.74) is 0. The van der Waals surface area contributed by atoms with Crippen molar-refractivity contribution in [1.29, 1.82) is 0 Å². The van der Waals surface area contributed by atoms with Crippen LogP contribution < -0.4 is 10.0 Å². The summed E-state index contributed by atoms with van der Waals surface area (Å²) in [5.74, 6) is 0. The van der Waals surface area contributed by atoms with E-state index in [1.165, 1.54) is 0 Å². The Morgan fingerprint density at radius 2 is 2.00 bits per heavy atom. The van der Waals surface area contributed by atoms with Crippen molar-refractivity contribution in [2.24, 2.45) is 0 Å². The van der Waals surface area contributed by atoms with Gasteiger partial charge in [-0.25, -0.2) is 13.1 Å². The van der Waals surface area contributed by atoms with Crippen LogP contribution in [-0.4, -0.2) is 47.0 Å². The molecule has 0 aliphatic carbocycles. The maximum atomic E-state index is 11.6. The van der Waals surface area contributed by atoms with Crippen molar-refractivity contribution in [2.45, 2.75) is 31.9 Å². The first kappa shape index (κ1) is 15.8. The van der Waals surface area contributed by atoms with E-state index in [0.29, 0.717) is 26.3 Å². The van der Waals surface area contributed by atoms with Gasteiger partial charge in [-0.15, -0.1) is 0 Å². The summed E-state index contributed by atoms with van der Waals surface area (Å²) in [6, 6.07) is 0. The highest BCUT2D eigenvalue weighted by molar-refractivity contribution is 7.90. The van der Waals surface area contributed by atoms with Crippen LogP contribution in [0.3, 0.4) is 0 Å². The molecule has 5 nitrogen and oxygen atoms in total. The van der Waals surface area contributed by atoms with Crippen LogP contribution >= 0.6 is 0 Å². The Bertz CT molecular complexity index is 255. The Hall–Kier alpha value is -0.170. The van der Waals surface area contributed by atoms with Crippen molar-refractivity contribution >= 4 is 10.0 Å². The molecule has 2 N–H and O–H groups in total. The fraction of sp³-hybridized carbons (Fsp3) is 1.00. The summed E-state index contributed by atoms with van der Waals surface area (Å²) < 4.78 is 31.0. The Labute approximate surface area is 99.0 Å². The van der Waals surface area contributed by atoms with Gasteiger partial charge in [0.15, 0.2) is 0 Å². The number of ether oxygens (including phenoxy) is 1. The number of unbranched alkanes of at least 4 members (excludes halogenated alkanes) is 1. The van der Waals surface area contributed by atoms with Gasteiger partial charge in [-0.3, -0.25) is 0 Å². The second-order valence-electron chi connectivity index (χ2n) is 3.77. The van der Waals surface area contributed by atoms with Gasteiger partial charge in [-0.05, 0) is 20.4 Å². The number of hydrogen-bond donors (Lipinski definition) is 2. The molecule has 0 aromatic rings. The zero-order chi connectivity index (χ0) is 12.4. The lowest BCUT2D eigenvalue weighted by atomic mass is 10.4. The van der Waals surface area contributed by atoms with Gasteiger partial charge < -0.3 is 10.1 Å². The lowest BCUT2D eigenvalue weighted by molar-refractivity contribution is 0.136. The molecule has 0 aliphatic rings. The van der Waals surface area contributed by atoms with E-state index in [1.54, 1.807) is 14.0 Å². The highest BCUT2D eigenvalue weighted by Crippen LogP contribution is 1.96. The maximum absolute atomic E-state index is 11.6. The first-order chi connectivity index (χ1) is 7.54. The number of nitrogens with one attached hydrogen (secondary N) is 2. The first-order valence-corrected chi connectivity index (χ1v) is 7.30. The normalized spacial score (nSPS) is 13.9. The van der Waals surface area contributed by atoms with Gasteiger partial charge in [-0.1, -0.05) is 13.3 Å². The molecule has 0 aromatic heterocycles. The molecule has 0 aromatic carbocycles. The molecule has 0 fully saturated rings. The van der Waals surface area contributed by atoms with Crippen LogP contribution in [0, 0.1) is 0 Å². The predicted molar refractivity (Wildman–Crippen MR) is 66.0 cm³/mol. The van der Waals surface area contributed by atoms with Gasteiger partial charge in [0.2, 0.25) is 10.0 Å². The molecular weight excluding hydrogens is 228 g/mol. The van der Waals surface area contributed by atoms with E-state index >= 15 is 0 Å². The SMILES string of the molecule is CCCCOCCNS(=O)(=O)C(C)CNC. The fourth-order valence-corrected chi connectivity index (χ4v) is 2.18. The second-order valence-corrected chi connectivity index (χ2v) is 5.96. The third-order valence-electron chi connectivity index (χ3n) is 2.21. The van der Waals surface area contributed by atoms with Crippen LogP contribution in [0.5, 0.6) is 0 Å². The van der Waals surface area contributed by atoms with E-state index in [9.17, 15) is 8.42 Å². The molecule has 1 atom stereocenters. The van der Waals surface area contributed by atoms with Crippen molar-refractivity contribution in [1.82, 2.24) is 10.0 Å². The summed E-state index contributed by atoms with van der Waals surface area (Å²) in [6.45, 7) is 5.70. The van der Waals surface area contributed by atoms with Crippen LogP contribution in [0.25, 0.3) is 0 Å². The third kappa shape index (κ3) is 7.16. The van der Waals surface area contributed by atoms with E-state index in [0.717, 1.165) is 12.8 Å². The fourth-order valence-electron chi connectivity index (χ4n) is 1.14. The van der Waals surface area contributed by atoms with Gasteiger partial charge in [0.25, 0.3) is 0 Å². The van der Waals surface area contributed by atoms with Gasteiger partial charge in [0.1, 0.15) is 0 Å². The molecule has 0 amide bonds. The highest BCUT2D eigenvalue weighted by Gasteiger charge is 2.18. The smallest absolute Gasteiger partial charge is 0.215 e. The summed E-state index contributed by atoms with van der Waals surface area (Å²) in [5, 5.41) is 2.42. The van der Waals surface area contributed by atoms with E-state index < -0.39 is 15.3 Å². The average molecular weight is 252 g/mol. The van der Waals surface area contributed by atoms with Gasteiger partial charge in [0.05, 0.1) is 11.9 Å². The molecular formula is C10H24N2O3S. The molecule has 16 heavy (non-hydrogen) atoms. The van der Waals surface area contributed by atoms with Gasteiger partial charge in [-0.2, -0.15) is 0 Å². The van der Waals surface area contributed by atoms with E-state index in [1.807, 2.05) is 0 Å². The minimum absolute atomic E-state index is 0.347. The lowest BCUT2D eigenvalue weighted by Gasteiger charge is -2.13. The van der Waals surface area contributed by atoms with E-state index in [4.69, 9.17) is 4.74 Å². The largest absolute Gasteiger partial charge is 0.380 e. The van der Waals surface area contributed by atoms with E-state index in [2.05, 4.69) is 17.0 Å². The van der Waals surface area contributed by atoms with Gasteiger partial charge >= 0.3 is 0 Å². The Kier molecular flexibility index (Phi) is 8.83. The average Bonchev–Trinajstić information content (AvgIpc) is 2.23. The summed E-state index contributed by atoms with van der Waals surface area (Å²) in [7, 11) is -1.47. The molecule has 0 saturated heterocycles. The van der Waals surface area contributed by atoms with Crippen molar-refractivity contribution in [2.75, 3.05) is 33.4 Å². The van der Waals surface area contributed by atoms with Crippen LogP contribution in [0.2, 0.25) is 0 Å². The summed E-state index contributed by atoms with van der Waals surface area (Å²) in [6.07, 6.45) is 2.10. The molecule has 0 spiro atoms.